The summed E-state index contributed by atoms with van der Waals surface area (Å²) in [6.07, 6.45) is 5.24. The first kappa shape index (κ1) is 17.7. The molecule has 5 nitrogen and oxygen atoms in total. The van der Waals surface area contributed by atoms with E-state index in [1.165, 1.54) is 19.3 Å². The summed E-state index contributed by atoms with van der Waals surface area (Å²) < 4.78 is 0. The average Bonchev–Trinajstić information content (AvgIpc) is 2.42. The number of likely N-dealkylation sites (tertiary alicyclic amines) is 1. The van der Waals surface area contributed by atoms with Crippen LogP contribution in [0.2, 0.25) is 0 Å². The van der Waals surface area contributed by atoms with Gasteiger partial charge in [-0.05, 0) is 37.4 Å². The van der Waals surface area contributed by atoms with Crippen LogP contribution in [0.15, 0.2) is 23.1 Å². The fraction of sp³-hybridized carbons (Fsp3) is 0.750. The van der Waals surface area contributed by atoms with Gasteiger partial charge in [-0.25, -0.2) is 0 Å². The van der Waals surface area contributed by atoms with E-state index in [9.17, 15) is 15.2 Å². The van der Waals surface area contributed by atoms with Crippen molar-refractivity contribution in [1.29, 1.82) is 0 Å². The van der Waals surface area contributed by atoms with E-state index in [1.54, 1.807) is 19.9 Å². The molecule has 0 saturated carbocycles. The third kappa shape index (κ3) is 5.50. The molecule has 120 valence electrons. The molecule has 21 heavy (non-hydrogen) atoms. The van der Waals surface area contributed by atoms with Crippen molar-refractivity contribution in [3.63, 3.8) is 0 Å². The molecular formula is C16H28N2O3. The Bertz CT molecular complexity index is 419. The Morgan fingerprint density at radius 3 is 2.19 bits per heavy atom. The standard InChI is InChI=1S/C16H28N2O3/c1-12(2)14(11-17-8-6-5-7-9-17)10-15(18(20)21)16(19)13(3)4/h10,12-13,19H,5-9,11H2,1-4H3/b14-10-,16-15-. The van der Waals surface area contributed by atoms with Gasteiger partial charge in [0.25, 0.3) is 0 Å². The molecule has 0 spiro atoms. The molecule has 1 rings (SSSR count). The van der Waals surface area contributed by atoms with Gasteiger partial charge in [-0.3, -0.25) is 15.0 Å². The van der Waals surface area contributed by atoms with E-state index in [2.05, 4.69) is 4.90 Å². The van der Waals surface area contributed by atoms with Gasteiger partial charge in [0, 0.05) is 18.5 Å². The lowest BCUT2D eigenvalue weighted by atomic mass is 9.99. The molecule has 0 aromatic rings. The zero-order valence-electron chi connectivity index (χ0n) is 13.6. The first-order valence-corrected chi connectivity index (χ1v) is 7.83. The van der Waals surface area contributed by atoms with Crippen LogP contribution in [0.4, 0.5) is 0 Å². The summed E-state index contributed by atoms with van der Waals surface area (Å²) in [6, 6.07) is 0. The van der Waals surface area contributed by atoms with Crippen LogP contribution < -0.4 is 0 Å². The van der Waals surface area contributed by atoms with Crippen LogP contribution in [0, 0.1) is 22.0 Å². The van der Waals surface area contributed by atoms with Crippen molar-refractivity contribution >= 4 is 0 Å². The fourth-order valence-electron chi connectivity index (χ4n) is 2.46. The fourth-order valence-corrected chi connectivity index (χ4v) is 2.46. The third-order valence-electron chi connectivity index (χ3n) is 3.92. The lowest BCUT2D eigenvalue weighted by molar-refractivity contribution is -0.422. The van der Waals surface area contributed by atoms with Crippen molar-refractivity contribution in [2.45, 2.75) is 47.0 Å². The summed E-state index contributed by atoms with van der Waals surface area (Å²) in [5, 5.41) is 21.2. The minimum atomic E-state index is -0.478. The number of nitrogens with zero attached hydrogens (tertiary/aromatic N) is 2. The number of allylic oxidation sites excluding steroid dienone is 2. The van der Waals surface area contributed by atoms with Crippen molar-refractivity contribution in [2.75, 3.05) is 19.6 Å². The maximum atomic E-state index is 11.2. The Balaban J connectivity index is 3.00. The molecule has 1 fully saturated rings. The Morgan fingerprint density at radius 2 is 1.76 bits per heavy atom. The van der Waals surface area contributed by atoms with Gasteiger partial charge in [0.1, 0.15) is 0 Å². The van der Waals surface area contributed by atoms with Crippen LogP contribution in [-0.4, -0.2) is 34.6 Å². The number of piperidine rings is 1. The van der Waals surface area contributed by atoms with Crippen molar-refractivity contribution in [1.82, 2.24) is 4.90 Å². The van der Waals surface area contributed by atoms with Crippen molar-refractivity contribution in [3.05, 3.63) is 33.2 Å². The van der Waals surface area contributed by atoms with Gasteiger partial charge >= 0.3 is 5.70 Å². The predicted molar refractivity (Wildman–Crippen MR) is 84.7 cm³/mol. The number of hydrogen-bond acceptors (Lipinski definition) is 4. The van der Waals surface area contributed by atoms with Gasteiger partial charge in [0.15, 0.2) is 5.76 Å². The summed E-state index contributed by atoms with van der Waals surface area (Å²) >= 11 is 0. The molecule has 0 amide bonds. The van der Waals surface area contributed by atoms with Gasteiger partial charge in [-0.1, -0.05) is 34.1 Å². The number of rotatable bonds is 6. The van der Waals surface area contributed by atoms with Crippen LogP contribution in [0.1, 0.15) is 47.0 Å². The predicted octanol–water partition coefficient (Wildman–Crippen LogP) is 3.76. The van der Waals surface area contributed by atoms with E-state index in [0.29, 0.717) is 0 Å². The first-order chi connectivity index (χ1) is 9.82. The molecule has 0 bridgehead atoms. The van der Waals surface area contributed by atoms with E-state index in [1.807, 2.05) is 13.8 Å². The van der Waals surface area contributed by atoms with Gasteiger partial charge in [-0.15, -0.1) is 0 Å². The zero-order valence-corrected chi connectivity index (χ0v) is 13.6. The highest BCUT2D eigenvalue weighted by Crippen LogP contribution is 2.21. The smallest absolute Gasteiger partial charge is 0.306 e. The van der Waals surface area contributed by atoms with Crippen LogP contribution in [0.3, 0.4) is 0 Å². The largest absolute Gasteiger partial charge is 0.506 e. The number of nitro groups is 1. The first-order valence-electron chi connectivity index (χ1n) is 7.83. The molecule has 1 N–H and O–H groups in total. The molecule has 0 unspecified atom stereocenters. The van der Waals surface area contributed by atoms with E-state index in [4.69, 9.17) is 0 Å². The molecule has 0 atom stereocenters. The highest BCUT2D eigenvalue weighted by atomic mass is 16.6. The van der Waals surface area contributed by atoms with Gasteiger partial charge in [-0.2, -0.15) is 0 Å². The Morgan fingerprint density at radius 1 is 1.19 bits per heavy atom. The maximum absolute atomic E-state index is 11.2. The molecule has 1 aliphatic rings. The summed E-state index contributed by atoms with van der Waals surface area (Å²) in [4.78, 5) is 13.1. The highest BCUT2D eigenvalue weighted by Gasteiger charge is 2.21. The van der Waals surface area contributed by atoms with Crippen LogP contribution in [0.25, 0.3) is 0 Å². The molecule has 0 aromatic heterocycles. The lowest BCUT2D eigenvalue weighted by Gasteiger charge is -2.28. The minimum absolute atomic E-state index is 0.142. The third-order valence-corrected chi connectivity index (χ3v) is 3.92. The quantitative estimate of drug-likeness (QED) is 0.351. The van der Waals surface area contributed by atoms with E-state index < -0.39 is 4.92 Å². The second-order valence-electron chi connectivity index (χ2n) is 6.39. The second kappa shape index (κ2) is 8.17. The van der Waals surface area contributed by atoms with E-state index in [0.717, 1.165) is 25.2 Å². The van der Waals surface area contributed by atoms with Crippen molar-refractivity contribution in [3.8, 4) is 0 Å². The molecule has 5 heteroatoms. The molecule has 0 aliphatic carbocycles. The molecule has 1 aliphatic heterocycles. The SMILES string of the molecule is CC(C)/C(O)=C(\C=C(\CN1CCCCC1)C(C)C)[N+](=O)[O-]. The highest BCUT2D eigenvalue weighted by molar-refractivity contribution is 5.23. The van der Waals surface area contributed by atoms with Gasteiger partial charge in [0.05, 0.1) is 4.92 Å². The Kier molecular flexibility index (Phi) is 6.89. The van der Waals surface area contributed by atoms with Crippen LogP contribution in [0.5, 0.6) is 0 Å². The monoisotopic (exact) mass is 296 g/mol. The summed E-state index contributed by atoms with van der Waals surface area (Å²) in [7, 11) is 0. The van der Waals surface area contributed by atoms with E-state index in [-0.39, 0.29) is 23.3 Å². The Hall–Kier alpha value is -1.36. The minimum Gasteiger partial charge on any atom is -0.506 e. The molecule has 1 saturated heterocycles. The molecule has 0 aromatic carbocycles. The average molecular weight is 296 g/mol. The second-order valence-corrected chi connectivity index (χ2v) is 6.39. The van der Waals surface area contributed by atoms with Crippen LogP contribution in [-0.2, 0) is 0 Å². The van der Waals surface area contributed by atoms with E-state index >= 15 is 0 Å². The normalized spacial score (nSPS) is 19.0. The number of aliphatic hydroxyl groups is 1. The van der Waals surface area contributed by atoms with Crippen molar-refractivity contribution in [2.24, 2.45) is 11.8 Å². The summed E-state index contributed by atoms with van der Waals surface area (Å²) in [5.41, 5.74) is 0.849. The Labute approximate surface area is 127 Å². The van der Waals surface area contributed by atoms with Crippen LogP contribution >= 0.6 is 0 Å². The molecular weight excluding hydrogens is 268 g/mol. The summed E-state index contributed by atoms with van der Waals surface area (Å²) in [5.74, 6) is -0.163. The number of hydrogen-bond donors (Lipinski definition) is 1. The van der Waals surface area contributed by atoms with Crippen molar-refractivity contribution < 1.29 is 10.0 Å². The molecule has 1 heterocycles. The van der Waals surface area contributed by atoms with Gasteiger partial charge < -0.3 is 5.11 Å². The summed E-state index contributed by atoms with van der Waals surface area (Å²) in [6.45, 7) is 10.5. The maximum Gasteiger partial charge on any atom is 0.306 e. The number of aliphatic hydroxyl groups excluding tert-OH is 1. The topological polar surface area (TPSA) is 66.6 Å². The zero-order chi connectivity index (χ0) is 16.0. The molecule has 0 radical (unpaired) electrons. The van der Waals surface area contributed by atoms with Gasteiger partial charge in [0.2, 0.25) is 0 Å². The lowest BCUT2D eigenvalue weighted by Crippen LogP contribution is -2.32.